The molecule has 1 saturated carbocycles. The molecule has 3 N–H and O–H groups in total. The summed E-state index contributed by atoms with van der Waals surface area (Å²) in [5.41, 5.74) is 3.15. The highest BCUT2D eigenvalue weighted by atomic mass is 16.4. The third-order valence-corrected chi connectivity index (χ3v) is 3.99. The average molecular weight is 265 g/mol. The highest BCUT2D eigenvalue weighted by Gasteiger charge is 2.20. The first-order valence-electron chi connectivity index (χ1n) is 6.92. The monoisotopic (exact) mass is 265 g/mol. The molecule has 1 fully saturated rings. The fourth-order valence-electron chi connectivity index (χ4n) is 2.78. The summed E-state index contributed by atoms with van der Waals surface area (Å²) in [5, 5.41) is 0. The van der Waals surface area contributed by atoms with Gasteiger partial charge in [0.2, 0.25) is 0 Å². The second-order valence-electron chi connectivity index (χ2n) is 5.37. The standard InChI is InChI=1S/C14H23N3O2/c1-10-11(8-13(19-10)14(18)16-15)9-17(2)12-6-4-3-5-7-12/h8,12H,3-7,9,15H2,1-2H3,(H,16,18). The average Bonchev–Trinajstić information content (AvgIpc) is 2.80. The number of carbonyl (C=O) groups excluding carboxylic acids is 1. The molecule has 0 bridgehead atoms. The Hall–Kier alpha value is -1.33. The number of nitrogens with one attached hydrogen (secondary N) is 1. The normalized spacial score (nSPS) is 16.8. The molecule has 1 aliphatic carbocycles. The molecule has 19 heavy (non-hydrogen) atoms. The predicted molar refractivity (Wildman–Crippen MR) is 73.4 cm³/mol. The molecule has 1 aromatic heterocycles. The number of nitrogens with zero attached hydrogens (tertiary/aromatic N) is 1. The Bertz CT molecular complexity index is 436. The number of amides is 1. The van der Waals surface area contributed by atoms with Gasteiger partial charge in [0.05, 0.1) is 0 Å². The molecule has 5 heteroatoms. The van der Waals surface area contributed by atoms with E-state index in [0.717, 1.165) is 17.9 Å². The lowest BCUT2D eigenvalue weighted by molar-refractivity contribution is 0.0924. The van der Waals surface area contributed by atoms with E-state index in [2.05, 4.69) is 17.4 Å². The molecule has 0 atom stereocenters. The van der Waals surface area contributed by atoms with Gasteiger partial charge in [-0.05, 0) is 32.9 Å². The van der Waals surface area contributed by atoms with Crippen molar-refractivity contribution in [3.05, 3.63) is 23.2 Å². The van der Waals surface area contributed by atoms with Crippen molar-refractivity contribution in [2.45, 2.75) is 51.6 Å². The first-order chi connectivity index (χ1) is 9.11. The molecule has 5 nitrogen and oxygen atoms in total. The van der Waals surface area contributed by atoms with Crippen molar-refractivity contribution < 1.29 is 9.21 Å². The van der Waals surface area contributed by atoms with E-state index in [1.54, 1.807) is 6.07 Å². The van der Waals surface area contributed by atoms with Crippen LogP contribution in [0.15, 0.2) is 10.5 Å². The van der Waals surface area contributed by atoms with Crippen molar-refractivity contribution >= 4 is 5.91 Å². The van der Waals surface area contributed by atoms with Crippen molar-refractivity contribution in [1.29, 1.82) is 0 Å². The number of nitrogen functional groups attached to an aromatic ring is 1. The molecule has 0 radical (unpaired) electrons. The van der Waals surface area contributed by atoms with E-state index in [0.29, 0.717) is 6.04 Å². The molecule has 0 saturated heterocycles. The highest BCUT2D eigenvalue weighted by molar-refractivity contribution is 5.91. The molecule has 1 aromatic rings. The van der Waals surface area contributed by atoms with Gasteiger partial charge in [-0.3, -0.25) is 15.1 Å². The van der Waals surface area contributed by atoms with Crippen molar-refractivity contribution in [2.24, 2.45) is 5.84 Å². The summed E-state index contributed by atoms with van der Waals surface area (Å²) in [6, 6.07) is 2.44. The number of nitrogens with two attached hydrogens (primary N) is 1. The van der Waals surface area contributed by atoms with Gasteiger partial charge in [-0.15, -0.1) is 0 Å². The van der Waals surface area contributed by atoms with Crippen LogP contribution in [0, 0.1) is 6.92 Å². The van der Waals surface area contributed by atoms with E-state index in [9.17, 15) is 4.79 Å². The van der Waals surface area contributed by atoms with Crippen LogP contribution in [0.2, 0.25) is 0 Å². The summed E-state index contributed by atoms with van der Waals surface area (Å²) in [6.07, 6.45) is 6.53. The Kier molecular flexibility index (Phi) is 4.61. The molecule has 0 aliphatic heterocycles. The first kappa shape index (κ1) is 14.1. The molecular weight excluding hydrogens is 242 g/mol. The second kappa shape index (κ2) is 6.21. The quantitative estimate of drug-likeness (QED) is 0.496. The van der Waals surface area contributed by atoms with Crippen molar-refractivity contribution in [3.8, 4) is 0 Å². The molecule has 1 aliphatic rings. The lowest BCUT2D eigenvalue weighted by Gasteiger charge is -2.30. The number of hydrogen-bond acceptors (Lipinski definition) is 4. The summed E-state index contributed by atoms with van der Waals surface area (Å²) < 4.78 is 5.44. The minimum Gasteiger partial charge on any atom is -0.456 e. The van der Waals surface area contributed by atoms with Gasteiger partial charge in [-0.1, -0.05) is 19.3 Å². The minimum atomic E-state index is -0.380. The molecule has 2 rings (SSSR count). The smallest absolute Gasteiger partial charge is 0.300 e. The topological polar surface area (TPSA) is 71.5 Å². The van der Waals surface area contributed by atoms with E-state index in [-0.39, 0.29) is 11.7 Å². The van der Waals surface area contributed by atoms with Gasteiger partial charge in [-0.2, -0.15) is 0 Å². The lowest BCUT2D eigenvalue weighted by atomic mass is 9.94. The predicted octanol–water partition coefficient (Wildman–Crippen LogP) is 1.96. The van der Waals surface area contributed by atoms with Crippen LogP contribution < -0.4 is 11.3 Å². The van der Waals surface area contributed by atoms with Crippen molar-refractivity contribution in [2.75, 3.05) is 7.05 Å². The number of aryl methyl sites for hydroxylation is 1. The van der Waals surface area contributed by atoms with Gasteiger partial charge in [0.1, 0.15) is 5.76 Å². The zero-order valence-corrected chi connectivity index (χ0v) is 11.7. The molecule has 0 spiro atoms. The first-order valence-corrected chi connectivity index (χ1v) is 6.92. The third-order valence-electron chi connectivity index (χ3n) is 3.99. The van der Waals surface area contributed by atoms with Gasteiger partial charge in [0.25, 0.3) is 0 Å². The van der Waals surface area contributed by atoms with Crippen LogP contribution in [0.5, 0.6) is 0 Å². The van der Waals surface area contributed by atoms with Crippen molar-refractivity contribution in [3.63, 3.8) is 0 Å². The van der Waals surface area contributed by atoms with Gasteiger partial charge in [0.15, 0.2) is 5.76 Å². The van der Waals surface area contributed by atoms with Gasteiger partial charge in [-0.25, -0.2) is 5.84 Å². The molecule has 0 unspecified atom stereocenters. The Balaban J connectivity index is 2.01. The van der Waals surface area contributed by atoms with Crippen LogP contribution in [0.1, 0.15) is 54.0 Å². The molecule has 1 amide bonds. The van der Waals surface area contributed by atoms with E-state index >= 15 is 0 Å². The maximum atomic E-state index is 11.4. The second-order valence-corrected chi connectivity index (χ2v) is 5.37. The summed E-state index contributed by atoms with van der Waals surface area (Å²) >= 11 is 0. The van der Waals surface area contributed by atoms with Gasteiger partial charge >= 0.3 is 5.91 Å². The van der Waals surface area contributed by atoms with Crippen LogP contribution >= 0.6 is 0 Å². The number of rotatable bonds is 4. The zero-order chi connectivity index (χ0) is 13.8. The van der Waals surface area contributed by atoms with Crippen LogP contribution in [-0.2, 0) is 6.54 Å². The number of hydrazine groups is 1. The van der Waals surface area contributed by atoms with Crippen LogP contribution in [-0.4, -0.2) is 23.9 Å². The van der Waals surface area contributed by atoms with E-state index in [4.69, 9.17) is 10.3 Å². The number of carbonyl (C=O) groups is 1. The molecule has 1 heterocycles. The molecular formula is C14H23N3O2. The summed E-state index contributed by atoms with van der Waals surface area (Å²) in [6.45, 7) is 2.70. The van der Waals surface area contributed by atoms with E-state index in [1.165, 1.54) is 32.1 Å². The maximum Gasteiger partial charge on any atom is 0.300 e. The number of hydrogen-bond donors (Lipinski definition) is 2. The fourth-order valence-corrected chi connectivity index (χ4v) is 2.78. The summed E-state index contributed by atoms with van der Waals surface area (Å²) in [4.78, 5) is 13.8. The fraction of sp³-hybridized carbons (Fsp3) is 0.643. The highest BCUT2D eigenvalue weighted by Crippen LogP contribution is 2.24. The number of furan rings is 1. The summed E-state index contributed by atoms with van der Waals surface area (Å²) in [7, 11) is 2.14. The molecule has 106 valence electrons. The third kappa shape index (κ3) is 3.36. The Morgan fingerprint density at radius 2 is 2.16 bits per heavy atom. The van der Waals surface area contributed by atoms with E-state index < -0.39 is 0 Å². The molecule has 0 aromatic carbocycles. The van der Waals surface area contributed by atoms with Crippen LogP contribution in [0.3, 0.4) is 0 Å². The van der Waals surface area contributed by atoms with Gasteiger partial charge in [0, 0.05) is 18.2 Å². The Morgan fingerprint density at radius 3 is 2.79 bits per heavy atom. The largest absolute Gasteiger partial charge is 0.456 e. The zero-order valence-electron chi connectivity index (χ0n) is 11.7. The minimum absolute atomic E-state index is 0.284. The van der Waals surface area contributed by atoms with Gasteiger partial charge < -0.3 is 4.42 Å². The van der Waals surface area contributed by atoms with Crippen LogP contribution in [0.25, 0.3) is 0 Å². The van der Waals surface area contributed by atoms with Crippen LogP contribution in [0.4, 0.5) is 0 Å². The Morgan fingerprint density at radius 1 is 1.47 bits per heavy atom. The summed E-state index contributed by atoms with van der Waals surface area (Å²) in [5.74, 6) is 5.81. The lowest BCUT2D eigenvalue weighted by Crippen LogP contribution is -2.33. The SMILES string of the molecule is Cc1oc(C(=O)NN)cc1CN(C)C1CCCCC1. The van der Waals surface area contributed by atoms with Crippen molar-refractivity contribution in [1.82, 2.24) is 10.3 Å². The maximum absolute atomic E-state index is 11.4. The Labute approximate surface area is 114 Å². The van der Waals surface area contributed by atoms with E-state index in [1.807, 2.05) is 6.92 Å².